The van der Waals surface area contributed by atoms with Crippen LogP contribution in [0.25, 0.3) is 0 Å². The van der Waals surface area contributed by atoms with Gasteiger partial charge in [-0.1, -0.05) is 25.1 Å². The summed E-state index contributed by atoms with van der Waals surface area (Å²) in [7, 11) is 0. The summed E-state index contributed by atoms with van der Waals surface area (Å²) in [5.41, 5.74) is 4.03. The van der Waals surface area contributed by atoms with Gasteiger partial charge in [0.1, 0.15) is 11.6 Å². The minimum Gasteiger partial charge on any atom is -0.387 e. The van der Waals surface area contributed by atoms with Crippen molar-refractivity contribution in [2.45, 2.75) is 65.0 Å². The molecule has 0 saturated heterocycles. The zero-order valence-electron chi connectivity index (χ0n) is 14.9. The van der Waals surface area contributed by atoms with Crippen molar-refractivity contribution in [3.8, 4) is 6.07 Å². The molecule has 1 amide bonds. The first-order valence-electron chi connectivity index (χ1n) is 8.84. The van der Waals surface area contributed by atoms with Gasteiger partial charge in [-0.15, -0.1) is 0 Å². The van der Waals surface area contributed by atoms with E-state index in [0.717, 1.165) is 24.8 Å². The predicted molar refractivity (Wildman–Crippen MR) is 96.2 cm³/mol. The molecule has 2 unspecified atom stereocenters. The van der Waals surface area contributed by atoms with Crippen LogP contribution in [0.5, 0.6) is 0 Å². The fourth-order valence-electron chi connectivity index (χ4n) is 2.87. The number of carbonyl (C=O) groups is 1. The van der Waals surface area contributed by atoms with E-state index < -0.39 is 0 Å². The van der Waals surface area contributed by atoms with E-state index in [1.54, 1.807) is 0 Å². The number of carbonyl (C=O) groups excluding carboxylic acids is 1. The van der Waals surface area contributed by atoms with E-state index in [1.165, 1.54) is 30.2 Å². The normalized spacial score (nSPS) is 16.5. The molecule has 0 spiro atoms. The van der Waals surface area contributed by atoms with Gasteiger partial charge in [0.15, 0.2) is 0 Å². The highest BCUT2D eigenvalue weighted by molar-refractivity contribution is 5.97. The first kappa shape index (κ1) is 18.1. The number of hydrogen-bond donors (Lipinski definition) is 2. The molecule has 0 aromatic heterocycles. The fourth-order valence-corrected chi connectivity index (χ4v) is 2.87. The van der Waals surface area contributed by atoms with Crippen LogP contribution in [-0.2, 0) is 17.6 Å². The molecular formula is C20H27N3O. The molecule has 2 rings (SSSR count). The van der Waals surface area contributed by atoms with Crippen LogP contribution in [0, 0.1) is 11.3 Å². The molecule has 1 aromatic rings. The smallest absolute Gasteiger partial charge is 0.263 e. The van der Waals surface area contributed by atoms with E-state index in [1.807, 2.05) is 19.9 Å². The molecule has 1 aromatic carbocycles. The highest BCUT2D eigenvalue weighted by atomic mass is 16.1. The van der Waals surface area contributed by atoms with Gasteiger partial charge in [0.05, 0.1) is 6.04 Å². The van der Waals surface area contributed by atoms with Crippen LogP contribution < -0.4 is 10.6 Å². The summed E-state index contributed by atoms with van der Waals surface area (Å²) in [6.07, 6.45) is 7.22. The summed E-state index contributed by atoms with van der Waals surface area (Å²) in [5, 5.41) is 15.2. The highest BCUT2D eigenvalue weighted by Crippen LogP contribution is 2.24. The average Bonchev–Trinajstić information content (AvgIpc) is 2.61. The molecule has 2 atom stereocenters. The lowest BCUT2D eigenvalue weighted by molar-refractivity contribution is -0.117. The Morgan fingerprint density at radius 2 is 2.00 bits per heavy atom. The SMILES string of the molecule is CCC(C)N/C=C(/C#N)C(=O)NC(C)c1ccc2c(c1)CCCC2. The lowest BCUT2D eigenvalue weighted by Gasteiger charge is -2.20. The summed E-state index contributed by atoms with van der Waals surface area (Å²) in [6.45, 7) is 6.02. The topological polar surface area (TPSA) is 64.9 Å². The van der Waals surface area contributed by atoms with E-state index >= 15 is 0 Å². The number of hydrogen-bond acceptors (Lipinski definition) is 3. The summed E-state index contributed by atoms with van der Waals surface area (Å²) >= 11 is 0. The average molecular weight is 325 g/mol. The lowest BCUT2D eigenvalue weighted by Crippen LogP contribution is -2.29. The van der Waals surface area contributed by atoms with Crippen LogP contribution in [0.3, 0.4) is 0 Å². The Labute approximate surface area is 144 Å². The summed E-state index contributed by atoms with van der Waals surface area (Å²) in [6, 6.07) is 8.55. The van der Waals surface area contributed by atoms with Crippen LogP contribution >= 0.6 is 0 Å². The molecule has 1 aliphatic rings. The van der Waals surface area contributed by atoms with Gasteiger partial charge in [-0.2, -0.15) is 5.26 Å². The maximum absolute atomic E-state index is 12.3. The van der Waals surface area contributed by atoms with Crippen molar-refractivity contribution in [1.82, 2.24) is 10.6 Å². The second-order valence-corrected chi connectivity index (χ2v) is 6.58. The molecule has 4 heteroatoms. The van der Waals surface area contributed by atoms with Gasteiger partial charge in [0.2, 0.25) is 0 Å². The highest BCUT2D eigenvalue weighted by Gasteiger charge is 2.16. The van der Waals surface area contributed by atoms with Crippen molar-refractivity contribution in [2.75, 3.05) is 0 Å². The van der Waals surface area contributed by atoms with Crippen molar-refractivity contribution >= 4 is 5.91 Å². The number of nitrogens with zero attached hydrogens (tertiary/aromatic N) is 1. The van der Waals surface area contributed by atoms with Crippen molar-refractivity contribution < 1.29 is 4.79 Å². The largest absolute Gasteiger partial charge is 0.387 e. The maximum atomic E-state index is 12.3. The third-order valence-electron chi connectivity index (χ3n) is 4.71. The monoisotopic (exact) mass is 325 g/mol. The van der Waals surface area contributed by atoms with Gasteiger partial charge in [-0.25, -0.2) is 0 Å². The van der Waals surface area contributed by atoms with Crippen LogP contribution in [0.2, 0.25) is 0 Å². The Balaban J connectivity index is 2.04. The number of nitriles is 1. The number of nitrogens with one attached hydrogen (secondary N) is 2. The van der Waals surface area contributed by atoms with E-state index in [-0.39, 0.29) is 23.6 Å². The fraction of sp³-hybridized carbons (Fsp3) is 0.500. The third kappa shape index (κ3) is 4.61. The van der Waals surface area contributed by atoms with Crippen molar-refractivity contribution in [1.29, 1.82) is 5.26 Å². The van der Waals surface area contributed by atoms with E-state index in [2.05, 4.69) is 35.8 Å². The first-order valence-corrected chi connectivity index (χ1v) is 8.84. The molecule has 24 heavy (non-hydrogen) atoms. The van der Waals surface area contributed by atoms with Gasteiger partial charge in [0.25, 0.3) is 5.91 Å². The van der Waals surface area contributed by atoms with Crippen LogP contribution in [0.1, 0.15) is 62.8 Å². The van der Waals surface area contributed by atoms with Crippen LogP contribution in [-0.4, -0.2) is 11.9 Å². The molecule has 0 bridgehead atoms. The molecule has 0 fully saturated rings. The molecular weight excluding hydrogens is 298 g/mol. The number of rotatable bonds is 6. The second kappa shape index (κ2) is 8.54. The number of aryl methyl sites for hydroxylation is 2. The molecule has 4 nitrogen and oxygen atoms in total. The Morgan fingerprint density at radius 1 is 1.29 bits per heavy atom. The van der Waals surface area contributed by atoms with Gasteiger partial charge < -0.3 is 10.6 Å². The molecule has 0 heterocycles. The quantitative estimate of drug-likeness (QED) is 0.621. The number of benzene rings is 1. The Hall–Kier alpha value is -2.28. The molecule has 0 radical (unpaired) electrons. The second-order valence-electron chi connectivity index (χ2n) is 6.58. The summed E-state index contributed by atoms with van der Waals surface area (Å²) in [4.78, 5) is 12.3. The van der Waals surface area contributed by atoms with Gasteiger partial charge in [-0.05, 0) is 62.6 Å². The molecule has 0 saturated carbocycles. The van der Waals surface area contributed by atoms with E-state index in [0.29, 0.717) is 0 Å². The Kier molecular flexibility index (Phi) is 6.43. The standard InChI is InChI=1S/C20H27N3O/c1-4-14(2)22-13-19(12-21)20(24)23-15(3)17-10-9-16-7-5-6-8-18(16)11-17/h9-11,13-15,22H,4-8H2,1-3H3,(H,23,24)/b19-13-. The molecule has 128 valence electrons. The molecule has 1 aliphatic carbocycles. The van der Waals surface area contributed by atoms with Crippen molar-refractivity contribution in [2.24, 2.45) is 0 Å². The lowest BCUT2D eigenvalue weighted by atomic mass is 9.89. The van der Waals surface area contributed by atoms with Crippen LogP contribution in [0.4, 0.5) is 0 Å². The zero-order valence-corrected chi connectivity index (χ0v) is 14.9. The van der Waals surface area contributed by atoms with Gasteiger partial charge >= 0.3 is 0 Å². The van der Waals surface area contributed by atoms with Crippen molar-refractivity contribution in [3.63, 3.8) is 0 Å². The maximum Gasteiger partial charge on any atom is 0.263 e. The summed E-state index contributed by atoms with van der Waals surface area (Å²) in [5.74, 6) is -0.335. The first-order chi connectivity index (χ1) is 11.5. The van der Waals surface area contributed by atoms with E-state index in [4.69, 9.17) is 0 Å². The molecule has 0 aliphatic heterocycles. The van der Waals surface area contributed by atoms with Gasteiger partial charge in [0, 0.05) is 12.2 Å². The minimum absolute atomic E-state index is 0.111. The predicted octanol–water partition coefficient (Wildman–Crippen LogP) is 3.54. The van der Waals surface area contributed by atoms with E-state index in [9.17, 15) is 10.1 Å². The third-order valence-corrected chi connectivity index (χ3v) is 4.71. The van der Waals surface area contributed by atoms with Gasteiger partial charge in [-0.3, -0.25) is 4.79 Å². The van der Waals surface area contributed by atoms with Crippen LogP contribution in [0.15, 0.2) is 30.0 Å². The Morgan fingerprint density at radius 3 is 2.67 bits per heavy atom. The summed E-state index contributed by atoms with van der Waals surface area (Å²) < 4.78 is 0. The number of fused-ring (bicyclic) bond motifs is 1. The van der Waals surface area contributed by atoms with Crippen molar-refractivity contribution in [3.05, 3.63) is 46.7 Å². The number of amides is 1. The molecule has 2 N–H and O–H groups in total. The Bertz CT molecular complexity index is 657. The minimum atomic E-state index is -0.335. The zero-order chi connectivity index (χ0) is 17.5.